The van der Waals surface area contributed by atoms with Gasteiger partial charge in [0.2, 0.25) is 0 Å². The Balaban J connectivity index is 1.84. The first-order chi connectivity index (χ1) is 7.38. The second kappa shape index (κ2) is 5.26. The van der Waals surface area contributed by atoms with Gasteiger partial charge in [0.15, 0.2) is 0 Å². The molecule has 3 heteroatoms. The SMILES string of the molecule is OC[C@@H](Cc1ccccc1)NC1COC1. The van der Waals surface area contributed by atoms with Gasteiger partial charge in [-0.2, -0.15) is 0 Å². The Morgan fingerprint density at radius 3 is 2.60 bits per heavy atom. The van der Waals surface area contributed by atoms with Crippen molar-refractivity contribution in [3.05, 3.63) is 35.9 Å². The van der Waals surface area contributed by atoms with Crippen LogP contribution in [0, 0.1) is 0 Å². The molecule has 1 heterocycles. The van der Waals surface area contributed by atoms with Gasteiger partial charge in [0.05, 0.1) is 25.9 Å². The van der Waals surface area contributed by atoms with Crippen molar-refractivity contribution in [1.29, 1.82) is 0 Å². The number of benzene rings is 1. The topological polar surface area (TPSA) is 41.5 Å². The van der Waals surface area contributed by atoms with Crippen molar-refractivity contribution in [3.63, 3.8) is 0 Å². The highest BCUT2D eigenvalue weighted by Gasteiger charge is 2.21. The minimum atomic E-state index is 0.140. The van der Waals surface area contributed by atoms with Crippen molar-refractivity contribution in [3.8, 4) is 0 Å². The fourth-order valence-electron chi connectivity index (χ4n) is 1.74. The third-order valence-electron chi connectivity index (χ3n) is 2.65. The van der Waals surface area contributed by atoms with Gasteiger partial charge in [-0.1, -0.05) is 30.3 Å². The molecule has 0 aromatic heterocycles. The highest BCUT2D eigenvalue weighted by molar-refractivity contribution is 5.16. The largest absolute Gasteiger partial charge is 0.395 e. The molecule has 3 nitrogen and oxygen atoms in total. The van der Waals surface area contributed by atoms with Crippen molar-refractivity contribution < 1.29 is 9.84 Å². The molecule has 2 N–H and O–H groups in total. The molecule has 0 bridgehead atoms. The molecule has 1 fully saturated rings. The third kappa shape index (κ3) is 3.02. The summed E-state index contributed by atoms with van der Waals surface area (Å²) in [6, 6.07) is 10.8. The number of aliphatic hydroxyl groups is 1. The maximum Gasteiger partial charge on any atom is 0.0643 e. The van der Waals surface area contributed by atoms with Crippen LogP contribution in [0.3, 0.4) is 0 Å². The van der Waals surface area contributed by atoms with Crippen LogP contribution in [0.25, 0.3) is 0 Å². The summed E-state index contributed by atoms with van der Waals surface area (Å²) in [7, 11) is 0. The van der Waals surface area contributed by atoms with E-state index in [2.05, 4.69) is 17.4 Å². The highest BCUT2D eigenvalue weighted by atomic mass is 16.5. The van der Waals surface area contributed by atoms with Gasteiger partial charge in [-0.15, -0.1) is 0 Å². The van der Waals surface area contributed by atoms with Gasteiger partial charge in [0, 0.05) is 6.04 Å². The zero-order chi connectivity index (χ0) is 10.5. The second-order valence-electron chi connectivity index (χ2n) is 3.97. The molecular weight excluding hydrogens is 190 g/mol. The van der Waals surface area contributed by atoms with E-state index in [4.69, 9.17) is 4.74 Å². The monoisotopic (exact) mass is 207 g/mol. The van der Waals surface area contributed by atoms with E-state index in [9.17, 15) is 5.11 Å². The fraction of sp³-hybridized carbons (Fsp3) is 0.500. The Morgan fingerprint density at radius 2 is 2.07 bits per heavy atom. The van der Waals surface area contributed by atoms with E-state index in [0.717, 1.165) is 19.6 Å². The van der Waals surface area contributed by atoms with Crippen LogP contribution in [0.15, 0.2) is 30.3 Å². The van der Waals surface area contributed by atoms with Crippen LogP contribution in [0.2, 0.25) is 0 Å². The Labute approximate surface area is 90.1 Å². The number of hydrogen-bond acceptors (Lipinski definition) is 3. The molecule has 0 saturated carbocycles. The van der Waals surface area contributed by atoms with E-state index >= 15 is 0 Å². The second-order valence-corrected chi connectivity index (χ2v) is 3.97. The Kier molecular flexibility index (Phi) is 3.72. The Bertz CT molecular complexity index is 285. The zero-order valence-electron chi connectivity index (χ0n) is 8.73. The Hall–Kier alpha value is -0.900. The molecule has 1 aromatic carbocycles. The average Bonchev–Trinajstić information content (AvgIpc) is 2.23. The number of nitrogens with one attached hydrogen (secondary N) is 1. The zero-order valence-corrected chi connectivity index (χ0v) is 8.73. The number of ether oxygens (including phenoxy) is 1. The fourth-order valence-corrected chi connectivity index (χ4v) is 1.74. The summed E-state index contributed by atoms with van der Waals surface area (Å²) in [5, 5.41) is 12.6. The lowest BCUT2D eigenvalue weighted by Gasteiger charge is -2.31. The first kappa shape index (κ1) is 10.6. The number of aliphatic hydroxyl groups excluding tert-OH is 1. The van der Waals surface area contributed by atoms with Crippen LogP contribution in [0.4, 0.5) is 0 Å². The van der Waals surface area contributed by atoms with Gasteiger partial charge >= 0.3 is 0 Å². The molecule has 82 valence electrons. The summed E-state index contributed by atoms with van der Waals surface area (Å²) in [4.78, 5) is 0. The van der Waals surface area contributed by atoms with Crippen molar-refractivity contribution in [2.75, 3.05) is 19.8 Å². The molecule has 0 spiro atoms. The summed E-state index contributed by atoms with van der Waals surface area (Å²) in [6.07, 6.45) is 0.869. The lowest BCUT2D eigenvalue weighted by molar-refractivity contribution is -0.0129. The summed E-state index contributed by atoms with van der Waals surface area (Å²) < 4.78 is 5.09. The normalized spacial score (nSPS) is 18.5. The molecule has 0 aliphatic carbocycles. The summed E-state index contributed by atoms with van der Waals surface area (Å²) in [5.41, 5.74) is 1.25. The van der Waals surface area contributed by atoms with Gasteiger partial charge in [-0.3, -0.25) is 0 Å². The molecule has 0 unspecified atom stereocenters. The molecule has 1 aliphatic rings. The van der Waals surface area contributed by atoms with E-state index in [1.807, 2.05) is 18.2 Å². The van der Waals surface area contributed by atoms with Gasteiger partial charge in [-0.05, 0) is 12.0 Å². The molecule has 1 aliphatic heterocycles. The van der Waals surface area contributed by atoms with Gasteiger partial charge in [0.1, 0.15) is 0 Å². The van der Waals surface area contributed by atoms with Crippen LogP contribution < -0.4 is 5.32 Å². The van der Waals surface area contributed by atoms with Crippen molar-refractivity contribution in [1.82, 2.24) is 5.32 Å². The van der Waals surface area contributed by atoms with Crippen LogP contribution in [-0.2, 0) is 11.2 Å². The summed E-state index contributed by atoms with van der Waals surface area (Å²) >= 11 is 0. The maximum absolute atomic E-state index is 9.25. The van der Waals surface area contributed by atoms with Crippen molar-refractivity contribution >= 4 is 0 Å². The quantitative estimate of drug-likeness (QED) is 0.742. The van der Waals surface area contributed by atoms with E-state index in [1.54, 1.807) is 0 Å². The lowest BCUT2D eigenvalue weighted by atomic mass is 10.1. The minimum Gasteiger partial charge on any atom is -0.395 e. The highest BCUT2D eigenvalue weighted by Crippen LogP contribution is 2.06. The molecule has 2 rings (SSSR count). The predicted octanol–water partition coefficient (Wildman–Crippen LogP) is 0.578. The van der Waals surface area contributed by atoms with E-state index in [1.165, 1.54) is 5.56 Å². The predicted molar refractivity (Wildman–Crippen MR) is 58.8 cm³/mol. The first-order valence-corrected chi connectivity index (χ1v) is 5.37. The van der Waals surface area contributed by atoms with Gasteiger partial charge in [-0.25, -0.2) is 0 Å². The summed E-state index contributed by atoms with van der Waals surface area (Å²) in [5.74, 6) is 0. The molecule has 0 amide bonds. The number of hydrogen-bond donors (Lipinski definition) is 2. The Morgan fingerprint density at radius 1 is 1.33 bits per heavy atom. The van der Waals surface area contributed by atoms with E-state index < -0.39 is 0 Å². The lowest BCUT2D eigenvalue weighted by Crippen LogP contribution is -2.52. The minimum absolute atomic E-state index is 0.140. The maximum atomic E-state index is 9.25. The summed E-state index contributed by atoms with van der Waals surface area (Å²) in [6.45, 7) is 1.71. The first-order valence-electron chi connectivity index (χ1n) is 5.37. The van der Waals surface area contributed by atoms with Crippen LogP contribution in [-0.4, -0.2) is 37.0 Å². The third-order valence-corrected chi connectivity index (χ3v) is 2.65. The van der Waals surface area contributed by atoms with E-state index in [-0.39, 0.29) is 12.6 Å². The van der Waals surface area contributed by atoms with E-state index in [0.29, 0.717) is 6.04 Å². The van der Waals surface area contributed by atoms with Crippen LogP contribution in [0.1, 0.15) is 5.56 Å². The van der Waals surface area contributed by atoms with Gasteiger partial charge in [0.25, 0.3) is 0 Å². The molecule has 0 radical (unpaired) electrons. The van der Waals surface area contributed by atoms with Gasteiger partial charge < -0.3 is 15.2 Å². The molecule has 1 aromatic rings. The standard InChI is InChI=1S/C12H17NO2/c14-7-11(13-12-8-15-9-12)6-10-4-2-1-3-5-10/h1-5,11-14H,6-9H2/t11-/m1/s1. The molecular formula is C12H17NO2. The van der Waals surface area contributed by atoms with Crippen molar-refractivity contribution in [2.24, 2.45) is 0 Å². The van der Waals surface area contributed by atoms with Crippen LogP contribution in [0.5, 0.6) is 0 Å². The molecule has 15 heavy (non-hydrogen) atoms. The number of rotatable bonds is 5. The molecule has 1 saturated heterocycles. The van der Waals surface area contributed by atoms with Crippen LogP contribution >= 0.6 is 0 Å². The smallest absolute Gasteiger partial charge is 0.0643 e. The van der Waals surface area contributed by atoms with Crippen molar-refractivity contribution in [2.45, 2.75) is 18.5 Å². The molecule has 1 atom stereocenters. The average molecular weight is 207 g/mol.